The molecule has 39 heavy (non-hydrogen) atoms. The van der Waals surface area contributed by atoms with Crippen molar-refractivity contribution >= 4 is 23.3 Å². The Morgan fingerprint density at radius 1 is 0.590 bits per heavy atom. The molecule has 4 aromatic rings. The third-order valence-corrected chi connectivity index (χ3v) is 5.94. The minimum absolute atomic E-state index is 0.0852. The van der Waals surface area contributed by atoms with Crippen molar-refractivity contribution in [1.82, 2.24) is 5.32 Å². The average molecular weight is 533 g/mol. The molecule has 1 aliphatic rings. The van der Waals surface area contributed by atoms with E-state index in [1.165, 1.54) is 12.1 Å². The van der Waals surface area contributed by atoms with E-state index in [0.717, 1.165) is 30.3 Å². The minimum Gasteiger partial charge on any atom is -0.336 e. The van der Waals surface area contributed by atoms with Crippen molar-refractivity contribution in [2.24, 2.45) is 0 Å². The van der Waals surface area contributed by atoms with E-state index < -0.39 is 52.1 Å². The first kappa shape index (κ1) is 27.1. The lowest BCUT2D eigenvalue weighted by atomic mass is 9.80. The fourth-order valence-corrected chi connectivity index (χ4v) is 4.23. The Labute approximate surface area is 220 Å². The molecule has 1 aliphatic heterocycles. The van der Waals surface area contributed by atoms with Gasteiger partial charge in [0.25, 0.3) is 0 Å². The first-order valence-electron chi connectivity index (χ1n) is 11.6. The monoisotopic (exact) mass is 533 g/mol. The summed E-state index contributed by atoms with van der Waals surface area (Å²) in [6, 6.07) is 21.5. The summed E-state index contributed by atoms with van der Waals surface area (Å²) in [5.41, 5.74) is -1.07. The molecule has 0 aromatic heterocycles. The number of halogens is 4. The fraction of sp³-hybridized carbons (Fsp3) is 0.0667. The van der Waals surface area contributed by atoms with Crippen molar-refractivity contribution in [1.29, 1.82) is 0 Å². The van der Waals surface area contributed by atoms with Crippen molar-refractivity contribution in [3.8, 4) is 0 Å². The van der Waals surface area contributed by atoms with Crippen molar-refractivity contribution in [2.45, 2.75) is 12.0 Å². The summed E-state index contributed by atoms with van der Waals surface area (Å²) in [5, 5.41) is 2.58. The smallest absolute Gasteiger partial charge is 0.233 e. The summed E-state index contributed by atoms with van der Waals surface area (Å²) in [6.07, 6.45) is -0.312. The predicted molar refractivity (Wildman–Crippen MR) is 133 cm³/mol. The summed E-state index contributed by atoms with van der Waals surface area (Å²) < 4.78 is 53.0. The van der Waals surface area contributed by atoms with Crippen molar-refractivity contribution in [2.75, 3.05) is 0 Å². The van der Waals surface area contributed by atoms with Gasteiger partial charge in [0.05, 0.1) is 6.42 Å². The Morgan fingerprint density at radius 2 is 1.05 bits per heavy atom. The molecule has 1 atom stereocenters. The molecular formula is C30H19F4NO4. The summed E-state index contributed by atoms with van der Waals surface area (Å²) in [4.78, 5) is 47.6. The van der Waals surface area contributed by atoms with Crippen molar-refractivity contribution < 1.29 is 36.7 Å². The second kappa shape index (κ2) is 11.2. The van der Waals surface area contributed by atoms with Gasteiger partial charge in [0.2, 0.25) is 17.5 Å². The molecule has 0 saturated carbocycles. The van der Waals surface area contributed by atoms with E-state index in [0.29, 0.717) is 11.6 Å². The first-order chi connectivity index (χ1) is 18.6. The van der Waals surface area contributed by atoms with Gasteiger partial charge in [-0.15, -0.1) is 0 Å². The van der Waals surface area contributed by atoms with E-state index in [1.807, 2.05) is 0 Å². The topological polar surface area (TPSA) is 80.3 Å². The Hall–Kier alpha value is -4.92. The van der Waals surface area contributed by atoms with E-state index >= 15 is 0 Å². The van der Waals surface area contributed by atoms with Gasteiger partial charge in [-0.25, -0.2) is 17.6 Å². The van der Waals surface area contributed by atoms with Gasteiger partial charge in [-0.2, -0.15) is 0 Å². The van der Waals surface area contributed by atoms with Crippen LogP contribution < -0.4 is 5.32 Å². The van der Waals surface area contributed by atoms with Crippen LogP contribution in [0.25, 0.3) is 0 Å². The largest absolute Gasteiger partial charge is 0.336 e. The summed E-state index contributed by atoms with van der Waals surface area (Å²) >= 11 is 0. The van der Waals surface area contributed by atoms with Gasteiger partial charge in [0, 0.05) is 23.3 Å². The Bertz CT molecular complexity index is 1530. The Balaban J connectivity index is 0.000000183. The highest BCUT2D eigenvalue weighted by molar-refractivity contribution is 6.49. The zero-order chi connectivity index (χ0) is 28.2. The number of hydrogen-bond donors (Lipinski definition) is 1. The second-order valence-corrected chi connectivity index (χ2v) is 8.60. The van der Waals surface area contributed by atoms with Gasteiger partial charge in [0.1, 0.15) is 23.3 Å². The molecule has 1 fully saturated rings. The lowest BCUT2D eigenvalue weighted by molar-refractivity contribution is -0.122. The number of ketones is 3. The van der Waals surface area contributed by atoms with Gasteiger partial charge in [-0.3, -0.25) is 19.2 Å². The quantitative estimate of drug-likeness (QED) is 0.163. The maximum absolute atomic E-state index is 13.5. The molecule has 0 spiro atoms. The van der Waals surface area contributed by atoms with Crippen molar-refractivity contribution in [3.63, 3.8) is 0 Å². The lowest BCUT2D eigenvalue weighted by Gasteiger charge is -2.28. The fourth-order valence-electron chi connectivity index (χ4n) is 4.23. The van der Waals surface area contributed by atoms with E-state index in [2.05, 4.69) is 5.32 Å². The number of benzene rings is 4. The number of rotatable bonds is 5. The van der Waals surface area contributed by atoms with Crippen LogP contribution in [-0.4, -0.2) is 23.3 Å². The molecule has 1 unspecified atom stereocenters. The number of nitrogens with one attached hydrogen (secondary N) is 1. The van der Waals surface area contributed by atoms with Crippen LogP contribution in [0, 0.1) is 23.3 Å². The van der Waals surface area contributed by atoms with E-state index in [9.17, 15) is 36.7 Å². The zero-order valence-corrected chi connectivity index (χ0v) is 20.1. The molecule has 4 aromatic carbocycles. The molecule has 1 heterocycles. The molecule has 0 radical (unpaired) electrons. The van der Waals surface area contributed by atoms with Crippen molar-refractivity contribution in [3.05, 3.63) is 143 Å². The summed E-state index contributed by atoms with van der Waals surface area (Å²) in [6.45, 7) is 0. The number of hydrogen-bond acceptors (Lipinski definition) is 4. The summed E-state index contributed by atoms with van der Waals surface area (Å²) in [7, 11) is 0. The maximum atomic E-state index is 13.5. The van der Waals surface area contributed by atoms with Crippen LogP contribution in [0.5, 0.6) is 0 Å². The highest BCUT2D eigenvalue weighted by Gasteiger charge is 2.49. The van der Waals surface area contributed by atoms with Crippen LogP contribution in [0.4, 0.5) is 17.6 Å². The highest BCUT2D eigenvalue weighted by Crippen LogP contribution is 2.36. The SMILES string of the molecule is O=C(C(=O)c1cc(F)cc(F)c1)c1ccccc1.O=C1CC(=O)C(c2ccccc2)(c2cc(F)cc(F)c2)N1. The second-order valence-electron chi connectivity index (χ2n) is 8.60. The molecule has 196 valence electrons. The van der Waals surface area contributed by atoms with Gasteiger partial charge < -0.3 is 5.32 Å². The maximum Gasteiger partial charge on any atom is 0.233 e. The average Bonchev–Trinajstić information content (AvgIpc) is 3.22. The molecule has 0 bridgehead atoms. The number of amides is 1. The van der Waals surface area contributed by atoms with Gasteiger partial charge in [-0.1, -0.05) is 60.7 Å². The summed E-state index contributed by atoms with van der Waals surface area (Å²) in [5.74, 6) is -5.99. The van der Waals surface area contributed by atoms with Crippen LogP contribution in [0.3, 0.4) is 0 Å². The highest BCUT2D eigenvalue weighted by atomic mass is 19.1. The van der Waals surface area contributed by atoms with E-state index in [-0.39, 0.29) is 23.1 Å². The molecule has 1 N–H and O–H groups in total. The van der Waals surface area contributed by atoms with Crippen LogP contribution in [-0.2, 0) is 15.1 Å². The third-order valence-electron chi connectivity index (χ3n) is 5.94. The van der Waals surface area contributed by atoms with Crippen LogP contribution in [0.1, 0.15) is 38.3 Å². The molecule has 5 nitrogen and oxygen atoms in total. The Morgan fingerprint density at radius 3 is 1.54 bits per heavy atom. The standard InChI is InChI=1S/C16H11F2NO2.C14H8F2O2/c17-12-6-11(7-13(18)8-12)16(10-4-2-1-3-5-10)14(20)9-15(21)19-16;15-11-6-10(7-12(16)8-11)14(18)13(17)9-4-2-1-3-5-9/h1-8H,9H2,(H,19,21);1-8H. The lowest BCUT2D eigenvalue weighted by Crippen LogP contribution is -2.44. The molecule has 1 amide bonds. The third kappa shape index (κ3) is 5.82. The molecule has 1 saturated heterocycles. The zero-order valence-electron chi connectivity index (χ0n) is 20.1. The Kier molecular flexibility index (Phi) is 7.80. The molecule has 5 rings (SSSR count). The van der Waals surface area contributed by atoms with Gasteiger partial charge >= 0.3 is 0 Å². The molecular weight excluding hydrogens is 514 g/mol. The van der Waals surface area contributed by atoms with Crippen LogP contribution >= 0.6 is 0 Å². The van der Waals surface area contributed by atoms with E-state index in [4.69, 9.17) is 0 Å². The van der Waals surface area contributed by atoms with Crippen LogP contribution in [0.15, 0.2) is 97.1 Å². The van der Waals surface area contributed by atoms with E-state index in [1.54, 1.807) is 48.5 Å². The minimum atomic E-state index is -1.53. The van der Waals surface area contributed by atoms with Gasteiger partial charge in [0.15, 0.2) is 11.3 Å². The molecule has 0 aliphatic carbocycles. The molecule has 9 heteroatoms. The number of Topliss-reactive ketones (excluding diaryl/α,β-unsaturated/α-hetero) is 3. The van der Waals surface area contributed by atoms with Crippen LogP contribution in [0.2, 0.25) is 0 Å². The first-order valence-corrected chi connectivity index (χ1v) is 11.6. The number of carbonyl (C=O) groups is 4. The predicted octanol–water partition coefficient (Wildman–Crippen LogP) is 5.33. The van der Waals surface area contributed by atoms with Gasteiger partial charge in [-0.05, 0) is 35.4 Å². The normalized spacial score (nSPS) is 16.2. The number of carbonyl (C=O) groups excluding carboxylic acids is 4.